The summed E-state index contributed by atoms with van der Waals surface area (Å²) in [5.74, 6) is -1.37. The quantitative estimate of drug-likeness (QED) is 0.139. The van der Waals surface area contributed by atoms with Crippen molar-refractivity contribution in [3.05, 3.63) is 77.9 Å². The first-order valence-electron chi connectivity index (χ1n) is 16.6. The molecule has 0 saturated heterocycles. The number of hydrogen-bond acceptors (Lipinski definition) is 7. The van der Waals surface area contributed by atoms with Gasteiger partial charge < -0.3 is 25.0 Å². The number of amides is 3. The van der Waals surface area contributed by atoms with Crippen molar-refractivity contribution < 1.29 is 28.7 Å². The summed E-state index contributed by atoms with van der Waals surface area (Å²) < 4.78 is 11.2. The van der Waals surface area contributed by atoms with Crippen LogP contribution in [0.5, 0.6) is 0 Å². The first-order valence-corrected chi connectivity index (χ1v) is 17.2. The number of carbonyl (C=O) groups excluding carboxylic acids is 4. The Balaban J connectivity index is 2.69. The highest BCUT2D eigenvalue weighted by Gasteiger charge is 2.40. The maximum absolute atomic E-state index is 14.7. The van der Waals surface area contributed by atoms with E-state index in [2.05, 4.69) is 43.7 Å². The van der Waals surface area contributed by atoms with Crippen LogP contribution in [0, 0.1) is 5.92 Å². The van der Waals surface area contributed by atoms with Crippen LogP contribution in [-0.2, 0) is 30.3 Å². The Hall–Kier alpha value is -3.79. The van der Waals surface area contributed by atoms with Gasteiger partial charge in [-0.05, 0) is 90.0 Å². The molecule has 48 heavy (non-hydrogen) atoms. The minimum atomic E-state index is -1.18. The molecule has 2 rings (SSSR count). The number of thiol groups is 1. The summed E-state index contributed by atoms with van der Waals surface area (Å²) >= 11 is 4.41. The molecule has 0 saturated carbocycles. The first kappa shape index (κ1) is 40.4. The molecule has 0 radical (unpaired) electrons. The van der Waals surface area contributed by atoms with Crippen LogP contribution in [-0.4, -0.2) is 63.9 Å². The summed E-state index contributed by atoms with van der Waals surface area (Å²) in [6.45, 7) is 20.4. The van der Waals surface area contributed by atoms with E-state index in [0.717, 1.165) is 17.5 Å². The highest BCUT2D eigenvalue weighted by atomic mass is 32.1. The monoisotopic (exact) mass is 681 g/mol. The largest absolute Gasteiger partial charge is 0.458 e. The molecule has 2 aromatic carbocycles. The predicted octanol–water partition coefficient (Wildman–Crippen LogP) is 6.92. The SMILES string of the molecule is C=Cc1cccc(C(C(=O)NC(Cc2ccccc2)C(=O)OC(C)(C)C)N(C(=O)C(CS)NC(=O)OC(C)(C)C)C(C)CCC(C)C)c1. The smallest absolute Gasteiger partial charge is 0.408 e. The molecule has 2 N–H and O–H groups in total. The van der Waals surface area contributed by atoms with Gasteiger partial charge >= 0.3 is 12.1 Å². The maximum atomic E-state index is 14.7. The standard InChI is InChI=1S/C38H55N3O6S/c1-11-27-18-15-19-29(22-27)32(33(42)39-30(35(44)46-37(5,6)7)23-28-16-13-12-14-17-28)41(26(4)21-20-25(2)3)34(43)31(24-48)40-36(45)47-38(8,9)10/h11-19,22,25-26,30-32,48H,1,20-21,23-24H2,2-10H3,(H,39,42)(H,40,45). The normalized spacial score (nSPS) is 14.2. The lowest BCUT2D eigenvalue weighted by Gasteiger charge is -2.39. The fourth-order valence-electron chi connectivity index (χ4n) is 5.09. The van der Waals surface area contributed by atoms with Gasteiger partial charge in [0.1, 0.15) is 29.3 Å². The second-order valence-electron chi connectivity index (χ2n) is 14.5. The molecule has 0 aliphatic heterocycles. The van der Waals surface area contributed by atoms with Gasteiger partial charge in [0.15, 0.2) is 0 Å². The molecular weight excluding hydrogens is 626 g/mol. The van der Waals surface area contributed by atoms with E-state index in [1.165, 1.54) is 4.90 Å². The fourth-order valence-corrected chi connectivity index (χ4v) is 5.34. The van der Waals surface area contributed by atoms with Crippen molar-refractivity contribution in [1.29, 1.82) is 0 Å². The van der Waals surface area contributed by atoms with Crippen molar-refractivity contribution in [3.63, 3.8) is 0 Å². The second kappa shape index (κ2) is 18.1. The Morgan fingerprint density at radius 1 is 0.854 bits per heavy atom. The van der Waals surface area contributed by atoms with E-state index in [4.69, 9.17) is 9.47 Å². The topological polar surface area (TPSA) is 114 Å². The van der Waals surface area contributed by atoms with Gasteiger partial charge in [0, 0.05) is 18.2 Å². The van der Waals surface area contributed by atoms with Crippen LogP contribution in [0.1, 0.15) is 97.9 Å². The number of rotatable bonds is 15. The minimum absolute atomic E-state index is 0.0406. The van der Waals surface area contributed by atoms with E-state index in [1.807, 2.05) is 43.3 Å². The number of ether oxygens (including phenoxy) is 2. The highest BCUT2D eigenvalue weighted by Crippen LogP contribution is 2.29. The number of carbonyl (C=O) groups is 4. The zero-order valence-corrected chi connectivity index (χ0v) is 30.9. The van der Waals surface area contributed by atoms with E-state index in [1.54, 1.807) is 65.8 Å². The second-order valence-corrected chi connectivity index (χ2v) is 14.9. The number of benzene rings is 2. The zero-order chi connectivity index (χ0) is 36.2. The number of nitrogens with one attached hydrogen (secondary N) is 2. The van der Waals surface area contributed by atoms with Crippen LogP contribution < -0.4 is 10.6 Å². The first-order chi connectivity index (χ1) is 22.3. The van der Waals surface area contributed by atoms with E-state index >= 15 is 0 Å². The van der Waals surface area contributed by atoms with Gasteiger partial charge in [-0.1, -0.05) is 75.0 Å². The van der Waals surface area contributed by atoms with E-state index in [9.17, 15) is 19.2 Å². The minimum Gasteiger partial charge on any atom is -0.458 e. The third-order valence-electron chi connectivity index (χ3n) is 7.34. The highest BCUT2D eigenvalue weighted by molar-refractivity contribution is 7.80. The van der Waals surface area contributed by atoms with Gasteiger partial charge in [0.2, 0.25) is 11.8 Å². The molecule has 0 spiro atoms. The summed E-state index contributed by atoms with van der Waals surface area (Å²) in [7, 11) is 0. The van der Waals surface area contributed by atoms with Crippen LogP contribution >= 0.6 is 12.6 Å². The van der Waals surface area contributed by atoms with Crippen LogP contribution in [0.3, 0.4) is 0 Å². The third kappa shape index (κ3) is 13.4. The molecule has 4 unspecified atom stereocenters. The molecule has 2 aromatic rings. The summed E-state index contributed by atoms with van der Waals surface area (Å²) in [6.07, 6.45) is 2.43. The van der Waals surface area contributed by atoms with Crippen molar-refractivity contribution in [1.82, 2.24) is 15.5 Å². The molecule has 0 aromatic heterocycles. The lowest BCUT2D eigenvalue weighted by molar-refractivity contribution is -0.159. The van der Waals surface area contributed by atoms with Gasteiger partial charge in [-0.15, -0.1) is 0 Å². The van der Waals surface area contributed by atoms with E-state index < -0.39 is 59.2 Å². The number of esters is 1. The van der Waals surface area contributed by atoms with Gasteiger partial charge in [-0.3, -0.25) is 9.59 Å². The molecule has 0 aliphatic carbocycles. The average Bonchev–Trinajstić information content (AvgIpc) is 2.99. The van der Waals surface area contributed by atoms with Crippen LogP contribution in [0.25, 0.3) is 6.08 Å². The third-order valence-corrected chi connectivity index (χ3v) is 7.71. The van der Waals surface area contributed by atoms with Crippen molar-refractivity contribution in [3.8, 4) is 0 Å². The van der Waals surface area contributed by atoms with Crippen molar-refractivity contribution in [2.45, 2.75) is 117 Å². The van der Waals surface area contributed by atoms with Crippen molar-refractivity contribution in [2.75, 3.05) is 5.75 Å². The fraction of sp³-hybridized carbons (Fsp3) is 0.526. The molecule has 4 atom stereocenters. The van der Waals surface area contributed by atoms with Gasteiger partial charge in [0.25, 0.3) is 0 Å². The van der Waals surface area contributed by atoms with Gasteiger partial charge in [0.05, 0.1) is 0 Å². The Labute approximate surface area is 292 Å². The summed E-state index contributed by atoms with van der Waals surface area (Å²) in [5, 5.41) is 5.60. The number of nitrogens with zero attached hydrogens (tertiary/aromatic N) is 1. The maximum Gasteiger partial charge on any atom is 0.408 e. The molecule has 0 fully saturated rings. The average molecular weight is 682 g/mol. The van der Waals surface area contributed by atoms with E-state index in [-0.39, 0.29) is 12.2 Å². The lowest BCUT2D eigenvalue weighted by atomic mass is 9.95. The lowest BCUT2D eigenvalue weighted by Crippen LogP contribution is -2.57. The summed E-state index contributed by atoms with van der Waals surface area (Å²) in [6, 6.07) is 12.8. The molecule has 0 bridgehead atoms. The number of hydrogen-bond donors (Lipinski definition) is 3. The van der Waals surface area contributed by atoms with Gasteiger partial charge in [-0.25, -0.2) is 9.59 Å². The Bertz CT molecular complexity index is 1380. The van der Waals surface area contributed by atoms with Crippen LogP contribution in [0.15, 0.2) is 61.2 Å². The van der Waals surface area contributed by atoms with Crippen molar-refractivity contribution >= 4 is 42.6 Å². The Kier molecular flexibility index (Phi) is 15.2. The Morgan fingerprint density at radius 2 is 1.48 bits per heavy atom. The molecule has 0 heterocycles. The molecule has 0 aliphatic rings. The van der Waals surface area contributed by atoms with E-state index in [0.29, 0.717) is 17.9 Å². The Morgan fingerprint density at radius 3 is 2.02 bits per heavy atom. The zero-order valence-electron chi connectivity index (χ0n) is 30.0. The van der Waals surface area contributed by atoms with Gasteiger partial charge in [-0.2, -0.15) is 12.6 Å². The predicted molar refractivity (Wildman–Crippen MR) is 195 cm³/mol. The molecular formula is C38H55N3O6S. The van der Waals surface area contributed by atoms with Crippen LogP contribution in [0.4, 0.5) is 4.79 Å². The number of alkyl carbamates (subject to hydrolysis) is 1. The van der Waals surface area contributed by atoms with Crippen LogP contribution in [0.2, 0.25) is 0 Å². The molecule has 9 nitrogen and oxygen atoms in total. The molecule has 264 valence electrons. The molecule has 3 amide bonds. The summed E-state index contributed by atoms with van der Waals surface area (Å²) in [5.41, 5.74) is 0.510. The summed E-state index contributed by atoms with van der Waals surface area (Å²) in [4.78, 5) is 57.1. The molecule has 10 heteroatoms. The van der Waals surface area contributed by atoms with Crippen molar-refractivity contribution in [2.24, 2.45) is 5.92 Å².